The van der Waals surface area contributed by atoms with Crippen LogP contribution in [0.5, 0.6) is 11.5 Å². The Morgan fingerprint density at radius 1 is 1.12 bits per heavy atom. The molecule has 1 aliphatic rings. The molecule has 0 saturated carbocycles. The summed E-state index contributed by atoms with van der Waals surface area (Å²) in [5.41, 5.74) is 2.59. The number of nitrogens with zero attached hydrogens (tertiary/aromatic N) is 2. The van der Waals surface area contributed by atoms with E-state index in [1.54, 1.807) is 31.4 Å². The summed E-state index contributed by atoms with van der Waals surface area (Å²) in [4.78, 5) is 29.6. The first-order valence-electron chi connectivity index (χ1n) is 10.5. The van der Waals surface area contributed by atoms with Crippen molar-refractivity contribution in [3.05, 3.63) is 64.2 Å². The Morgan fingerprint density at radius 2 is 1.84 bits per heavy atom. The van der Waals surface area contributed by atoms with Gasteiger partial charge in [0.25, 0.3) is 11.7 Å². The minimum atomic E-state index is -0.786. The molecular formula is C25H30N2O5. The first-order chi connectivity index (χ1) is 15.1. The predicted molar refractivity (Wildman–Crippen MR) is 123 cm³/mol. The number of aliphatic hydroxyl groups excluding tert-OH is 1. The van der Waals surface area contributed by atoms with Gasteiger partial charge in [0.1, 0.15) is 17.3 Å². The quantitative estimate of drug-likeness (QED) is 0.391. The number of ketones is 1. The molecule has 0 spiro atoms. The topological polar surface area (TPSA) is 90.3 Å². The summed E-state index contributed by atoms with van der Waals surface area (Å²) in [6.45, 7) is 4.75. The van der Waals surface area contributed by atoms with Crippen molar-refractivity contribution >= 4 is 17.4 Å². The van der Waals surface area contributed by atoms with Gasteiger partial charge in [0.15, 0.2) is 0 Å². The average molecular weight is 439 g/mol. The lowest BCUT2D eigenvalue weighted by atomic mass is 9.93. The third-order valence-electron chi connectivity index (χ3n) is 5.73. The van der Waals surface area contributed by atoms with Crippen LogP contribution in [0.15, 0.2) is 42.0 Å². The Hall–Kier alpha value is -3.32. The van der Waals surface area contributed by atoms with Crippen LogP contribution in [0.3, 0.4) is 0 Å². The summed E-state index contributed by atoms with van der Waals surface area (Å²) in [5.74, 6) is -0.907. The summed E-state index contributed by atoms with van der Waals surface area (Å²) in [7, 11) is 5.45. The number of phenols is 1. The molecule has 2 aromatic carbocycles. The summed E-state index contributed by atoms with van der Waals surface area (Å²) >= 11 is 0. The molecule has 0 aliphatic carbocycles. The largest absolute Gasteiger partial charge is 0.508 e. The number of carbonyl (C=O) groups excluding carboxylic acids is 2. The molecule has 2 N–H and O–H groups in total. The van der Waals surface area contributed by atoms with Gasteiger partial charge in [-0.2, -0.15) is 0 Å². The molecule has 1 heterocycles. The number of rotatable bonds is 7. The number of hydrogen-bond donors (Lipinski definition) is 2. The van der Waals surface area contributed by atoms with Crippen LogP contribution in [0, 0.1) is 13.8 Å². The fourth-order valence-corrected chi connectivity index (χ4v) is 4.12. The summed E-state index contributed by atoms with van der Waals surface area (Å²) in [6.07, 6.45) is 0.663. The van der Waals surface area contributed by atoms with Gasteiger partial charge in [-0.25, -0.2) is 0 Å². The van der Waals surface area contributed by atoms with Crippen LogP contribution in [0.2, 0.25) is 0 Å². The SMILES string of the molecule is COc1cc(C)c(/C(O)=C2\C(=O)C(=O)N(CCCN(C)C)C2c2cccc(O)c2)cc1C. The number of phenolic OH excluding ortho intramolecular Hbond substituents is 1. The Labute approximate surface area is 188 Å². The highest BCUT2D eigenvalue weighted by atomic mass is 16.5. The molecule has 1 saturated heterocycles. The number of amides is 1. The van der Waals surface area contributed by atoms with Crippen molar-refractivity contribution in [1.29, 1.82) is 0 Å². The second-order valence-corrected chi connectivity index (χ2v) is 8.38. The van der Waals surface area contributed by atoms with Gasteiger partial charge in [0, 0.05) is 12.1 Å². The zero-order valence-corrected chi connectivity index (χ0v) is 19.2. The number of methoxy groups -OCH3 is 1. The number of hydrogen-bond acceptors (Lipinski definition) is 6. The van der Waals surface area contributed by atoms with Crippen molar-refractivity contribution in [2.75, 3.05) is 34.3 Å². The monoisotopic (exact) mass is 438 g/mol. The highest BCUT2D eigenvalue weighted by molar-refractivity contribution is 6.46. The summed E-state index contributed by atoms with van der Waals surface area (Å²) < 4.78 is 5.35. The van der Waals surface area contributed by atoms with Crippen LogP contribution >= 0.6 is 0 Å². The van der Waals surface area contributed by atoms with Crippen molar-refractivity contribution < 1.29 is 24.5 Å². The van der Waals surface area contributed by atoms with Crippen molar-refractivity contribution in [1.82, 2.24) is 9.80 Å². The maximum atomic E-state index is 13.1. The number of benzene rings is 2. The molecule has 0 bridgehead atoms. The van der Waals surface area contributed by atoms with Crippen molar-refractivity contribution in [2.45, 2.75) is 26.3 Å². The zero-order valence-electron chi connectivity index (χ0n) is 19.2. The number of carbonyl (C=O) groups is 2. The van der Waals surface area contributed by atoms with Crippen molar-refractivity contribution in [2.24, 2.45) is 0 Å². The Morgan fingerprint density at radius 3 is 2.47 bits per heavy atom. The van der Waals surface area contributed by atoms with E-state index in [4.69, 9.17) is 4.74 Å². The van der Waals surface area contributed by atoms with Crippen LogP contribution in [-0.4, -0.2) is 66.0 Å². The molecule has 32 heavy (non-hydrogen) atoms. The number of aromatic hydroxyl groups is 1. The van der Waals surface area contributed by atoms with E-state index in [0.717, 1.165) is 17.7 Å². The molecule has 1 aliphatic heterocycles. The van der Waals surface area contributed by atoms with Gasteiger partial charge in [-0.05, 0) is 81.9 Å². The van der Waals surface area contributed by atoms with E-state index in [9.17, 15) is 19.8 Å². The number of aliphatic hydroxyl groups is 1. The second kappa shape index (κ2) is 9.44. The van der Waals surface area contributed by atoms with E-state index >= 15 is 0 Å². The molecule has 3 rings (SSSR count). The average Bonchev–Trinajstić information content (AvgIpc) is 2.99. The van der Waals surface area contributed by atoms with E-state index in [-0.39, 0.29) is 17.1 Å². The van der Waals surface area contributed by atoms with Crippen LogP contribution in [0.1, 0.15) is 34.7 Å². The van der Waals surface area contributed by atoms with Crippen molar-refractivity contribution in [3.63, 3.8) is 0 Å². The zero-order chi connectivity index (χ0) is 23.6. The highest BCUT2D eigenvalue weighted by Gasteiger charge is 2.46. The lowest BCUT2D eigenvalue weighted by molar-refractivity contribution is -0.139. The molecule has 0 aromatic heterocycles. The minimum absolute atomic E-state index is 0.0258. The molecule has 0 radical (unpaired) electrons. The van der Waals surface area contributed by atoms with E-state index in [1.165, 1.54) is 17.0 Å². The Balaban J connectivity index is 2.16. The number of likely N-dealkylation sites (tertiary alicyclic amines) is 1. The molecule has 170 valence electrons. The van der Waals surface area contributed by atoms with Crippen LogP contribution in [-0.2, 0) is 9.59 Å². The van der Waals surface area contributed by atoms with Gasteiger partial charge >= 0.3 is 0 Å². The molecule has 1 atom stereocenters. The number of aryl methyl sites for hydroxylation is 2. The molecule has 2 aromatic rings. The third kappa shape index (κ3) is 4.48. The van der Waals surface area contributed by atoms with E-state index in [1.807, 2.05) is 32.8 Å². The van der Waals surface area contributed by atoms with Gasteiger partial charge in [0.05, 0.1) is 18.7 Å². The maximum Gasteiger partial charge on any atom is 0.295 e. The number of ether oxygens (including phenoxy) is 1. The highest BCUT2D eigenvalue weighted by Crippen LogP contribution is 2.41. The molecule has 1 unspecified atom stereocenters. The first-order valence-corrected chi connectivity index (χ1v) is 10.5. The van der Waals surface area contributed by atoms with E-state index in [2.05, 4.69) is 0 Å². The van der Waals surface area contributed by atoms with Crippen LogP contribution < -0.4 is 4.74 Å². The lowest BCUT2D eigenvalue weighted by Crippen LogP contribution is -2.32. The van der Waals surface area contributed by atoms with Gasteiger partial charge in [-0.3, -0.25) is 9.59 Å². The standard InChI is InChI=1S/C25H30N2O5/c1-15-13-20(32-5)16(2)12-19(15)23(29)21-22(17-8-6-9-18(28)14-17)27(25(31)24(21)30)11-7-10-26(3)4/h6,8-9,12-14,22,28-29H,7,10-11H2,1-5H3/b23-21+. The maximum absolute atomic E-state index is 13.1. The van der Waals surface area contributed by atoms with Crippen molar-refractivity contribution in [3.8, 4) is 11.5 Å². The molecule has 7 heteroatoms. The van der Waals surface area contributed by atoms with Crippen LogP contribution in [0.25, 0.3) is 5.76 Å². The second-order valence-electron chi connectivity index (χ2n) is 8.38. The van der Waals surface area contributed by atoms with Crippen LogP contribution in [0.4, 0.5) is 0 Å². The fourth-order valence-electron chi connectivity index (χ4n) is 4.12. The normalized spacial score (nSPS) is 17.9. The smallest absolute Gasteiger partial charge is 0.295 e. The molecular weight excluding hydrogens is 408 g/mol. The Bertz CT molecular complexity index is 1070. The predicted octanol–water partition coefficient (Wildman–Crippen LogP) is 3.39. The third-order valence-corrected chi connectivity index (χ3v) is 5.73. The molecule has 1 amide bonds. The fraction of sp³-hybridized carbons (Fsp3) is 0.360. The van der Waals surface area contributed by atoms with E-state index < -0.39 is 17.7 Å². The lowest BCUT2D eigenvalue weighted by Gasteiger charge is -2.26. The molecule has 1 fully saturated rings. The van der Waals surface area contributed by atoms with Gasteiger partial charge < -0.3 is 24.7 Å². The van der Waals surface area contributed by atoms with Gasteiger partial charge in [-0.15, -0.1) is 0 Å². The van der Waals surface area contributed by atoms with Gasteiger partial charge in [-0.1, -0.05) is 12.1 Å². The minimum Gasteiger partial charge on any atom is -0.508 e. The first kappa shape index (κ1) is 23.3. The van der Waals surface area contributed by atoms with Gasteiger partial charge in [0.2, 0.25) is 0 Å². The summed E-state index contributed by atoms with van der Waals surface area (Å²) in [5, 5.41) is 21.3. The molecule has 7 nitrogen and oxygen atoms in total. The summed E-state index contributed by atoms with van der Waals surface area (Å²) in [6, 6.07) is 9.21. The van der Waals surface area contributed by atoms with E-state index in [0.29, 0.717) is 29.8 Å². The number of Topliss-reactive ketones (excluding diaryl/α,β-unsaturated/α-hetero) is 1. The Kier molecular flexibility index (Phi) is 6.89.